The van der Waals surface area contributed by atoms with Crippen LogP contribution in [-0.2, 0) is 13.1 Å². The largest absolute Gasteiger partial charge is 0.494 e. The van der Waals surface area contributed by atoms with Gasteiger partial charge in [-0.15, -0.1) is 11.3 Å². The van der Waals surface area contributed by atoms with Gasteiger partial charge in [0, 0.05) is 18.5 Å². The second kappa shape index (κ2) is 6.37. The molecule has 0 unspecified atom stereocenters. The second-order valence-electron chi connectivity index (χ2n) is 3.66. The summed E-state index contributed by atoms with van der Waals surface area (Å²) in [5, 5.41) is 5.42. The third-order valence-electron chi connectivity index (χ3n) is 2.33. The Kier molecular flexibility index (Phi) is 4.53. The number of benzene rings is 1. The van der Waals surface area contributed by atoms with E-state index in [1.807, 2.05) is 24.6 Å². The molecule has 0 radical (unpaired) electrons. The molecular formula is C13H16N2OS. The van der Waals surface area contributed by atoms with E-state index >= 15 is 0 Å². The number of nitrogens with one attached hydrogen (secondary N) is 1. The molecule has 1 aromatic carbocycles. The van der Waals surface area contributed by atoms with E-state index in [2.05, 4.69) is 27.8 Å². The SMILES string of the molecule is CCOc1cccc(CNCc2cscn2)c1. The molecule has 0 aliphatic heterocycles. The van der Waals surface area contributed by atoms with Gasteiger partial charge in [-0.3, -0.25) is 0 Å². The first-order chi connectivity index (χ1) is 8.38. The van der Waals surface area contributed by atoms with E-state index in [4.69, 9.17) is 4.74 Å². The van der Waals surface area contributed by atoms with Gasteiger partial charge in [0.15, 0.2) is 0 Å². The topological polar surface area (TPSA) is 34.1 Å². The highest BCUT2D eigenvalue weighted by Gasteiger charge is 1.97. The van der Waals surface area contributed by atoms with Crippen molar-refractivity contribution in [3.63, 3.8) is 0 Å². The molecular weight excluding hydrogens is 232 g/mol. The Morgan fingerprint density at radius 1 is 1.35 bits per heavy atom. The van der Waals surface area contributed by atoms with Gasteiger partial charge in [-0.05, 0) is 24.6 Å². The van der Waals surface area contributed by atoms with E-state index in [0.717, 1.165) is 24.5 Å². The third kappa shape index (κ3) is 3.84. The highest BCUT2D eigenvalue weighted by atomic mass is 32.1. The number of hydrogen-bond acceptors (Lipinski definition) is 4. The van der Waals surface area contributed by atoms with E-state index < -0.39 is 0 Å². The van der Waals surface area contributed by atoms with Crippen LogP contribution in [0.3, 0.4) is 0 Å². The number of hydrogen-bond donors (Lipinski definition) is 1. The minimum absolute atomic E-state index is 0.704. The zero-order chi connectivity index (χ0) is 11.9. The number of nitrogens with zero attached hydrogens (tertiary/aromatic N) is 1. The maximum absolute atomic E-state index is 5.46. The molecule has 1 N–H and O–H groups in total. The van der Waals surface area contributed by atoms with Crippen molar-refractivity contribution in [3.05, 3.63) is 46.4 Å². The maximum Gasteiger partial charge on any atom is 0.119 e. The molecule has 2 aromatic rings. The first-order valence-electron chi connectivity index (χ1n) is 5.68. The van der Waals surface area contributed by atoms with E-state index in [-0.39, 0.29) is 0 Å². The fraction of sp³-hybridized carbons (Fsp3) is 0.308. The first-order valence-corrected chi connectivity index (χ1v) is 6.62. The van der Waals surface area contributed by atoms with Crippen LogP contribution in [0.2, 0.25) is 0 Å². The van der Waals surface area contributed by atoms with Crippen molar-refractivity contribution in [1.29, 1.82) is 0 Å². The van der Waals surface area contributed by atoms with Crippen LogP contribution in [0.5, 0.6) is 5.75 Å². The minimum Gasteiger partial charge on any atom is -0.494 e. The van der Waals surface area contributed by atoms with Crippen LogP contribution in [0.25, 0.3) is 0 Å². The zero-order valence-corrected chi connectivity index (χ0v) is 10.7. The predicted molar refractivity (Wildman–Crippen MR) is 70.3 cm³/mol. The minimum atomic E-state index is 0.704. The lowest BCUT2D eigenvalue weighted by Crippen LogP contribution is -2.12. The average molecular weight is 248 g/mol. The van der Waals surface area contributed by atoms with Gasteiger partial charge >= 0.3 is 0 Å². The summed E-state index contributed by atoms with van der Waals surface area (Å²) in [6.07, 6.45) is 0. The van der Waals surface area contributed by atoms with E-state index in [1.54, 1.807) is 11.3 Å². The molecule has 1 heterocycles. The van der Waals surface area contributed by atoms with Crippen molar-refractivity contribution in [2.24, 2.45) is 0 Å². The molecule has 4 heteroatoms. The molecule has 2 rings (SSSR count). The molecule has 0 fully saturated rings. The maximum atomic E-state index is 5.46. The molecule has 0 aliphatic rings. The predicted octanol–water partition coefficient (Wildman–Crippen LogP) is 2.83. The Labute approximate surface area is 105 Å². The summed E-state index contributed by atoms with van der Waals surface area (Å²) in [7, 11) is 0. The average Bonchev–Trinajstić information content (AvgIpc) is 2.83. The normalized spacial score (nSPS) is 10.4. The lowest BCUT2D eigenvalue weighted by molar-refractivity contribution is 0.340. The Hall–Kier alpha value is -1.39. The molecule has 0 bridgehead atoms. The lowest BCUT2D eigenvalue weighted by Gasteiger charge is -2.06. The van der Waals surface area contributed by atoms with Gasteiger partial charge in [0.2, 0.25) is 0 Å². The summed E-state index contributed by atoms with van der Waals surface area (Å²) in [4.78, 5) is 4.23. The van der Waals surface area contributed by atoms with Gasteiger partial charge in [0.1, 0.15) is 5.75 Å². The Morgan fingerprint density at radius 2 is 2.29 bits per heavy atom. The summed E-state index contributed by atoms with van der Waals surface area (Å²) < 4.78 is 5.46. The van der Waals surface area contributed by atoms with Gasteiger partial charge < -0.3 is 10.1 Å². The monoisotopic (exact) mass is 248 g/mol. The molecule has 3 nitrogen and oxygen atoms in total. The van der Waals surface area contributed by atoms with Crippen molar-refractivity contribution in [1.82, 2.24) is 10.3 Å². The third-order valence-corrected chi connectivity index (χ3v) is 2.96. The van der Waals surface area contributed by atoms with Crippen molar-refractivity contribution in [2.75, 3.05) is 6.61 Å². The zero-order valence-electron chi connectivity index (χ0n) is 9.85. The van der Waals surface area contributed by atoms with Crippen LogP contribution in [0, 0.1) is 0 Å². The van der Waals surface area contributed by atoms with Gasteiger partial charge in [-0.25, -0.2) is 4.98 Å². The Balaban J connectivity index is 1.84. The van der Waals surface area contributed by atoms with E-state index in [9.17, 15) is 0 Å². The number of thiazole rings is 1. The summed E-state index contributed by atoms with van der Waals surface area (Å²) in [5.74, 6) is 0.931. The summed E-state index contributed by atoms with van der Waals surface area (Å²) in [6.45, 7) is 4.34. The summed E-state index contributed by atoms with van der Waals surface area (Å²) >= 11 is 1.62. The quantitative estimate of drug-likeness (QED) is 0.853. The van der Waals surface area contributed by atoms with Gasteiger partial charge in [-0.1, -0.05) is 12.1 Å². The van der Waals surface area contributed by atoms with Crippen molar-refractivity contribution < 1.29 is 4.74 Å². The fourth-order valence-electron chi connectivity index (χ4n) is 1.57. The van der Waals surface area contributed by atoms with Gasteiger partial charge in [-0.2, -0.15) is 0 Å². The van der Waals surface area contributed by atoms with Crippen LogP contribution in [-0.4, -0.2) is 11.6 Å². The second-order valence-corrected chi connectivity index (χ2v) is 4.38. The van der Waals surface area contributed by atoms with Crippen molar-refractivity contribution in [3.8, 4) is 5.75 Å². The van der Waals surface area contributed by atoms with Crippen molar-refractivity contribution in [2.45, 2.75) is 20.0 Å². The van der Waals surface area contributed by atoms with Gasteiger partial charge in [0.05, 0.1) is 17.8 Å². The van der Waals surface area contributed by atoms with Crippen LogP contribution in [0.4, 0.5) is 0 Å². The molecule has 90 valence electrons. The molecule has 17 heavy (non-hydrogen) atoms. The number of aromatic nitrogens is 1. The van der Waals surface area contributed by atoms with Gasteiger partial charge in [0.25, 0.3) is 0 Å². The molecule has 0 amide bonds. The highest BCUT2D eigenvalue weighted by Crippen LogP contribution is 2.13. The van der Waals surface area contributed by atoms with E-state index in [0.29, 0.717) is 6.61 Å². The lowest BCUT2D eigenvalue weighted by atomic mass is 10.2. The molecule has 0 saturated carbocycles. The van der Waals surface area contributed by atoms with Crippen molar-refractivity contribution >= 4 is 11.3 Å². The van der Waals surface area contributed by atoms with Crippen LogP contribution < -0.4 is 10.1 Å². The molecule has 0 saturated heterocycles. The first kappa shape index (κ1) is 12.1. The van der Waals surface area contributed by atoms with Crippen LogP contribution in [0.1, 0.15) is 18.2 Å². The molecule has 1 aromatic heterocycles. The van der Waals surface area contributed by atoms with E-state index in [1.165, 1.54) is 5.56 Å². The highest BCUT2D eigenvalue weighted by molar-refractivity contribution is 7.07. The number of rotatable bonds is 6. The Morgan fingerprint density at radius 3 is 3.06 bits per heavy atom. The molecule has 0 spiro atoms. The Bertz CT molecular complexity index is 442. The standard InChI is InChI=1S/C13H16N2OS/c1-2-16-13-5-3-4-11(6-13)7-14-8-12-9-17-10-15-12/h3-6,9-10,14H,2,7-8H2,1H3. The summed E-state index contributed by atoms with van der Waals surface area (Å²) in [6, 6.07) is 8.16. The fourth-order valence-corrected chi connectivity index (χ4v) is 2.13. The smallest absolute Gasteiger partial charge is 0.119 e. The number of ether oxygens (including phenoxy) is 1. The molecule has 0 aliphatic carbocycles. The summed E-state index contributed by atoms with van der Waals surface area (Å²) in [5.41, 5.74) is 4.18. The molecule has 0 atom stereocenters. The van der Waals surface area contributed by atoms with Crippen LogP contribution in [0.15, 0.2) is 35.2 Å². The van der Waals surface area contributed by atoms with Crippen LogP contribution >= 0.6 is 11.3 Å².